The molecule has 5 aliphatic rings. The number of carboxylic acids is 2. The maximum absolute atomic E-state index is 15.8. The Kier molecular flexibility index (Phi) is 18.2. The molecule has 0 bridgehead atoms. The van der Waals surface area contributed by atoms with Gasteiger partial charge in [0.05, 0.1) is 79.6 Å². The average molecular weight is 1100 g/mol. The first-order valence-corrected chi connectivity index (χ1v) is 22.7. The summed E-state index contributed by atoms with van der Waals surface area (Å²) in [6, 6.07) is -2.19. The van der Waals surface area contributed by atoms with Crippen molar-refractivity contribution in [1.29, 1.82) is 0 Å². The molecule has 0 aromatic heterocycles. The Balaban J connectivity index is 1.31. The molecule has 5 aliphatic carbocycles. The predicted molar refractivity (Wildman–Crippen MR) is 212 cm³/mol. The van der Waals surface area contributed by atoms with E-state index in [-0.39, 0.29) is 0 Å². The highest BCUT2D eigenvalue weighted by molar-refractivity contribution is 6.34. The third kappa shape index (κ3) is 10.0. The second-order valence-corrected chi connectivity index (χ2v) is 20.0. The predicted octanol–water partition coefficient (Wildman–Crippen LogP) is 5.79. The van der Waals surface area contributed by atoms with Crippen molar-refractivity contribution in [3.05, 3.63) is 0 Å². The van der Waals surface area contributed by atoms with Crippen molar-refractivity contribution in [2.75, 3.05) is 7.05 Å². The van der Waals surface area contributed by atoms with Gasteiger partial charge in [-0.1, -0.05) is 6.92 Å². The van der Waals surface area contributed by atoms with Crippen molar-refractivity contribution in [1.82, 2.24) is 10.6 Å². The summed E-state index contributed by atoms with van der Waals surface area (Å²) in [5, 5.41) is 10.2. The van der Waals surface area contributed by atoms with Crippen LogP contribution >= 0.6 is 81.2 Å². The van der Waals surface area contributed by atoms with Crippen molar-refractivity contribution in [3.8, 4) is 0 Å². The number of amides is 2. The molecular weight excluding hydrogens is 1060 g/mol. The van der Waals surface area contributed by atoms with Crippen LogP contribution < -0.4 is 10.6 Å². The molecule has 0 radical (unpaired) electrons. The molecule has 26 atom stereocenters. The number of hydrogen-bond acceptors (Lipinski definition) is 7. The molecule has 65 heavy (non-hydrogen) atoms. The molecule has 5 rings (SSSR count). The zero-order chi connectivity index (χ0) is 49.2. The molecule has 0 spiro atoms. The molecule has 2 amide bonds. The van der Waals surface area contributed by atoms with E-state index in [2.05, 4.69) is 5.32 Å². The molecule has 5 saturated carbocycles. The zero-order valence-electron chi connectivity index (χ0n) is 32.9. The van der Waals surface area contributed by atoms with Gasteiger partial charge in [0, 0.05) is 13.0 Å². The van der Waals surface area contributed by atoms with Crippen LogP contribution in [0.3, 0.4) is 0 Å². The molecule has 0 heterocycles. The Bertz CT molecular complexity index is 1690. The van der Waals surface area contributed by atoms with Crippen molar-refractivity contribution < 1.29 is 91.9 Å². The number of rotatable bonds is 11. The molecule has 0 aliphatic heterocycles. The number of carboxylic acid groups (broad SMARTS) is 2. The summed E-state index contributed by atoms with van der Waals surface area (Å²) >= 11 is 43.4. The smallest absolute Gasteiger partial charge is 0.308 e. The fourth-order valence-electron chi connectivity index (χ4n) is 9.03. The molecule has 26 unspecified atom stereocenters. The minimum atomic E-state index is -3.48. The largest absolute Gasteiger partial charge is 0.481 e. The van der Waals surface area contributed by atoms with Crippen molar-refractivity contribution in [3.63, 3.8) is 0 Å². The quantitative estimate of drug-likeness (QED) is 0.149. The van der Waals surface area contributed by atoms with E-state index in [0.29, 0.717) is 0 Å². The molecule has 0 aromatic carbocycles. The Morgan fingerprint density at radius 3 is 1.02 bits per heavy atom. The second kappa shape index (κ2) is 21.6. The maximum Gasteiger partial charge on any atom is 0.308 e. The number of halogens is 18. The maximum atomic E-state index is 15.8. The van der Waals surface area contributed by atoms with Crippen LogP contribution in [0.15, 0.2) is 0 Å². The lowest BCUT2D eigenvalue weighted by Crippen LogP contribution is -2.67. The van der Waals surface area contributed by atoms with Gasteiger partial charge in [0.2, 0.25) is 11.8 Å². The lowest BCUT2D eigenvalue weighted by molar-refractivity contribution is -0.246. The molecule has 11 nitrogen and oxygen atoms in total. The van der Waals surface area contributed by atoms with E-state index in [0.717, 1.165) is 14.0 Å². The van der Waals surface area contributed by atoms with Crippen LogP contribution in [-0.2, 0) is 33.4 Å². The van der Waals surface area contributed by atoms with Gasteiger partial charge in [-0.25, -0.2) is 48.3 Å². The fraction of sp³-hybridized carbons (Fsp3) is 0.889. The van der Waals surface area contributed by atoms with Crippen LogP contribution in [0.4, 0.5) is 48.3 Å². The van der Waals surface area contributed by atoms with Gasteiger partial charge in [0.1, 0.15) is 42.9 Å². The van der Waals surface area contributed by atoms with Crippen molar-refractivity contribution in [2.45, 2.75) is 155 Å². The van der Waals surface area contributed by atoms with Crippen LogP contribution in [0, 0.1) is 29.6 Å². The molecule has 4 N–H and O–H groups in total. The lowest BCUT2D eigenvalue weighted by Gasteiger charge is -2.48. The van der Waals surface area contributed by atoms with Crippen LogP contribution in [0.25, 0.3) is 0 Å². The summed E-state index contributed by atoms with van der Waals surface area (Å²) in [5.74, 6) is -15.6. The normalized spacial score (nSPS) is 52.9. The second-order valence-electron chi connectivity index (χ2n) is 16.5. The zero-order valence-corrected chi connectivity index (χ0v) is 38.2. The number of ether oxygens (including phenoxy) is 3. The summed E-state index contributed by atoms with van der Waals surface area (Å²) < 4.78 is 186. The standard InChI is InChI=1S/C36H40Cl7F11N2O9/c1-3-15(44)14(43)17(46)26(16(3)45)56-34(58)5-7(36(61)62)9(38)13(42)28(11(5)40)64-30-20(49)24(53)32(25(54)21(30)50)65-31-22(51)18(47)29(19(48)23(31)52)63-27-10(39)4(33(57)55-2)6(35(59)60)8(37)12(27)41/h3-32H,1-2H3,(H,55,57)(H,56,58)(H,59,60)(H,61,62). The number of nitrogens with one attached hydrogen (secondary N) is 2. The highest BCUT2D eigenvalue weighted by atomic mass is 35.5. The summed E-state index contributed by atoms with van der Waals surface area (Å²) in [5.41, 5.74) is 0. The first-order valence-electron chi connectivity index (χ1n) is 19.6. The minimum Gasteiger partial charge on any atom is -0.481 e. The van der Waals surface area contributed by atoms with Crippen LogP contribution in [0.5, 0.6) is 0 Å². The summed E-state index contributed by atoms with van der Waals surface area (Å²) in [6.07, 6.45) is -50.8. The van der Waals surface area contributed by atoms with Gasteiger partial charge in [-0.2, -0.15) is 0 Å². The van der Waals surface area contributed by atoms with E-state index in [4.69, 9.17) is 95.4 Å². The van der Waals surface area contributed by atoms with Gasteiger partial charge in [-0.15, -0.1) is 81.2 Å². The van der Waals surface area contributed by atoms with E-state index < -0.39 is 202 Å². The lowest BCUT2D eigenvalue weighted by atomic mass is 9.75. The van der Waals surface area contributed by atoms with Crippen LogP contribution in [-0.4, -0.2) is 189 Å². The van der Waals surface area contributed by atoms with Gasteiger partial charge in [0.25, 0.3) is 0 Å². The molecule has 0 saturated heterocycles. The van der Waals surface area contributed by atoms with E-state index >= 15 is 43.9 Å². The molecule has 5 fully saturated rings. The van der Waals surface area contributed by atoms with E-state index in [1.807, 2.05) is 5.32 Å². The van der Waals surface area contributed by atoms with Gasteiger partial charge >= 0.3 is 11.9 Å². The highest BCUT2D eigenvalue weighted by Gasteiger charge is 2.64. The Morgan fingerprint density at radius 2 is 0.708 bits per heavy atom. The number of hydrogen-bond donors (Lipinski definition) is 4. The Hall–Kier alpha value is -0.980. The van der Waals surface area contributed by atoms with Gasteiger partial charge in [-0.05, 0) is 0 Å². The first kappa shape index (κ1) is 55.0. The van der Waals surface area contributed by atoms with Gasteiger partial charge < -0.3 is 35.1 Å². The van der Waals surface area contributed by atoms with Gasteiger partial charge in [-0.3, -0.25) is 19.2 Å². The van der Waals surface area contributed by atoms with E-state index in [1.165, 1.54) is 0 Å². The Morgan fingerprint density at radius 1 is 0.400 bits per heavy atom. The highest BCUT2D eigenvalue weighted by Crippen LogP contribution is 2.47. The molecule has 374 valence electrons. The monoisotopic (exact) mass is 1100 g/mol. The number of alkyl halides is 18. The first-order chi connectivity index (χ1) is 30.1. The van der Waals surface area contributed by atoms with Crippen molar-refractivity contribution in [2.24, 2.45) is 29.6 Å². The Labute approximate surface area is 397 Å². The molecule has 29 heteroatoms. The molecule has 0 aromatic rings. The number of carbonyl (C=O) groups is 4. The van der Waals surface area contributed by atoms with Crippen molar-refractivity contribution >= 4 is 105 Å². The number of aliphatic carboxylic acids is 2. The van der Waals surface area contributed by atoms with Crippen LogP contribution in [0.1, 0.15) is 6.92 Å². The average Bonchev–Trinajstić information content (AvgIpc) is 3.25. The van der Waals surface area contributed by atoms with E-state index in [9.17, 15) is 33.8 Å². The third-order valence-corrected chi connectivity index (χ3v) is 16.6. The summed E-state index contributed by atoms with van der Waals surface area (Å²) in [4.78, 5) is 50.3. The number of carbonyl (C=O) groups excluding carboxylic acids is 2. The fourth-order valence-corrected chi connectivity index (χ4v) is 12.1. The van der Waals surface area contributed by atoms with E-state index in [1.54, 1.807) is 0 Å². The van der Waals surface area contributed by atoms with Crippen LogP contribution in [0.2, 0.25) is 0 Å². The molecular formula is C36H40Cl7F11N2O9. The third-order valence-electron chi connectivity index (χ3n) is 12.7. The van der Waals surface area contributed by atoms with Gasteiger partial charge in [0.15, 0.2) is 49.4 Å². The summed E-state index contributed by atoms with van der Waals surface area (Å²) in [6.45, 7) is 1.00. The minimum absolute atomic E-state index is 1.00. The topological polar surface area (TPSA) is 160 Å². The SMILES string of the molecule is CNC(=O)C1C(Cl)C(OC2C(F)C(F)C(OC3C(F)C(F)C(OC4C(Cl)C(Cl)C(C(=O)O)C(C(=O)NC5C(F)C(C)C(F)C(Cl)C5F)C4Cl)C(F)C3F)C(F)C2F)C(Cl)C(Cl)C1C(=O)O. The summed E-state index contributed by atoms with van der Waals surface area (Å²) in [7, 11) is 1.08.